The molecule has 266 valence electrons. The van der Waals surface area contributed by atoms with Crippen LogP contribution < -0.4 is 0 Å². The molecule has 0 fully saturated rings. The number of furan rings is 1. The fourth-order valence-electron chi connectivity index (χ4n) is 9.02. The van der Waals surface area contributed by atoms with Crippen LogP contribution in [-0.2, 0) is 0 Å². The number of benzene rings is 8. The summed E-state index contributed by atoms with van der Waals surface area (Å²) < 4.78 is 11.2. The third kappa shape index (κ3) is 4.84. The molecular weight excluding hydrogens is 695 g/mol. The number of hydrogen-bond acceptors (Lipinski definition) is 2. The lowest BCUT2D eigenvalue weighted by Crippen LogP contribution is -1.99. The largest absolute Gasteiger partial charge is 0.456 e. The highest BCUT2D eigenvalue weighted by atomic mass is 16.3. The molecule has 0 aliphatic heterocycles. The maximum Gasteiger partial charge on any atom is 0.136 e. The van der Waals surface area contributed by atoms with Gasteiger partial charge in [0, 0.05) is 54.8 Å². The van der Waals surface area contributed by atoms with Crippen LogP contribution in [0.3, 0.4) is 0 Å². The predicted octanol–water partition coefficient (Wildman–Crippen LogP) is 14.2. The Morgan fingerprint density at radius 1 is 0.351 bits per heavy atom. The van der Waals surface area contributed by atoms with Gasteiger partial charge in [-0.1, -0.05) is 140 Å². The molecule has 0 saturated heterocycles. The second kappa shape index (κ2) is 12.4. The first-order valence-corrected chi connectivity index (χ1v) is 19.4. The highest BCUT2D eigenvalue weighted by Crippen LogP contribution is 2.43. The van der Waals surface area contributed by atoms with E-state index in [9.17, 15) is 0 Å². The van der Waals surface area contributed by atoms with Gasteiger partial charge >= 0.3 is 0 Å². The number of nitrogens with zero attached hydrogens (tertiary/aromatic N) is 3. The summed E-state index contributed by atoms with van der Waals surface area (Å²) in [5.41, 5.74) is 14.8. The molecule has 0 amide bonds. The molecule has 0 atom stereocenters. The first kappa shape index (κ1) is 31.6. The van der Waals surface area contributed by atoms with Crippen molar-refractivity contribution in [3.05, 3.63) is 200 Å². The van der Waals surface area contributed by atoms with Gasteiger partial charge in [0.15, 0.2) is 0 Å². The molecule has 12 rings (SSSR count). The molecule has 0 radical (unpaired) electrons. The Bertz CT molecular complexity index is 3520. The molecule has 12 aromatic rings. The minimum atomic E-state index is 0.876. The van der Waals surface area contributed by atoms with E-state index in [0.717, 1.165) is 72.5 Å². The molecule has 8 aromatic carbocycles. The average Bonchev–Trinajstić information content (AvgIpc) is 3.95. The molecule has 57 heavy (non-hydrogen) atoms. The Morgan fingerprint density at radius 3 is 1.60 bits per heavy atom. The van der Waals surface area contributed by atoms with Gasteiger partial charge in [-0.05, 0) is 71.8 Å². The SMILES string of the molecule is c1ccc(-c2cc(-c3cccc4oc5ccccc5c34)cc(-c3cccc(-n4c5ccccc5c5ccc6c7ccccc7n(-c7ccccc7)c6c54)c3)n2)cc1. The van der Waals surface area contributed by atoms with Crippen molar-refractivity contribution in [2.75, 3.05) is 0 Å². The smallest absolute Gasteiger partial charge is 0.136 e. The molecule has 4 heteroatoms. The minimum absolute atomic E-state index is 0.876. The topological polar surface area (TPSA) is 35.9 Å². The van der Waals surface area contributed by atoms with Gasteiger partial charge in [0.1, 0.15) is 11.2 Å². The maximum atomic E-state index is 6.34. The van der Waals surface area contributed by atoms with E-state index in [1.54, 1.807) is 0 Å². The van der Waals surface area contributed by atoms with Crippen LogP contribution in [0.4, 0.5) is 0 Å². The zero-order chi connectivity index (χ0) is 37.5. The Labute approximate surface area is 328 Å². The molecule has 0 aliphatic rings. The number of fused-ring (bicyclic) bond motifs is 10. The lowest BCUT2D eigenvalue weighted by Gasteiger charge is -2.14. The summed E-state index contributed by atoms with van der Waals surface area (Å²) >= 11 is 0. The molecule has 4 heterocycles. The summed E-state index contributed by atoms with van der Waals surface area (Å²) in [4.78, 5) is 5.37. The quantitative estimate of drug-likeness (QED) is 0.177. The molecule has 0 unspecified atom stereocenters. The maximum absolute atomic E-state index is 6.34. The molecule has 0 N–H and O–H groups in total. The molecule has 0 spiro atoms. The van der Waals surface area contributed by atoms with E-state index < -0.39 is 0 Å². The second-order valence-corrected chi connectivity index (χ2v) is 14.7. The number of para-hydroxylation sites is 4. The van der Waals surface area contributed by atoms with Crippen LogP contribution in [0.2, 0.25) is 0 Å². The zero-order valence-corrected chi connectivity index (χ0v) is 30.8. The summed E-state index contributed by atoms with van der Waals surface area (Å²) in [7, 11) is 0. The number of aromatic nitrogens is 3. The summed E-state index contributed by atoms with van der Waals surface area (Å²) in [5, 5.41) is 7.12. The fourth-order valence-corrected chi connectivity index (χ4v) is 9.02. The molecular formula is C53H33N3O. The molecule has 0 bridgehead atoms. The lowest BCUT2D eigenvalue weighted by molar-refractivity contribution is 0.669. The van der Waals surface area contributed by atoms with E-state index in [4.69, 9.17) is 9.40 Å². The lowest BCUT2D eigenvalue weighted by atomic mass is 9.96. The van der Waals surface area contributed by atoms with Gasteiger partial charge in [0.2, 0.25) is 0 Å². The standard InChI is InChI=1S/C53H33N3O/c1-3-15-34(16-4-1)45-32-36(39-24-14-28-50-51(39)44-23-9-12-27-49(44)57-50)33-46(54-45)35-17-13-20-38(31-35)56-48-26-11-8-22-41(48)43-30-29-42-40-21-7-10-25-47(40)55(52(42)53(43)56)37-18-5-2-6-19-37/h1-33H. The third-order valence-electron chi connectivity index (χ3n) is 11.5. The van der Waals surface area contributed by atoms with Crippen LogP contribution in [0.1, 0.15) is 0 Å². The van der Waals surface area contributed by atoms with Crippen molar-refractivity contribution in [3.8, 4) is 45.0 Å². The Hall–Kier alpha value is -7.69. The van der Waals surface area contributed by atoms with Crippen LogP contribution in [0.25, 0.3) is 111 Å². The summed E-state index contributed by atoms with van der Waals surface area (Å²) in [6.07, 6.45) is 0. The van der Waals surface area contributed by atoms with Crippen molar-refractivity contribution in [2.24, 2.45) is 0 Å². The van der Waals surface area contributed by atoms with E-state index in [0.29, 0.717) is 0 Å². The number of hydrogen-bond donors (Lipinski definition) is 0. The predicted molar refractivity (Wildman–Crippen MR) is 237 cm³/mol. The van der Waals surface area contributed by atoms with Crippen molar-refractivity contribution >= 4 is 65.6 Å². The fraction of sp³-hybridized carbons (Fsp3) is 0. The van der Waals surface area contributed by atoms with Crippen LogP contribution in [0.15, 0.2) is 205 Å². The number of pyridine rings is 1. The zero-order valence-electron chi connectivity index (χ0n) is 30.8. The third-order valence-corrected chi connectivity index (χ3v) is 11.5. The van der Waals surface area contributed by atoms with Crippen molar-refractivity contribution in [2.45, 2.75) is 0 Å². The van der Waals surface area contributed by atoms with E-state index >= 15 is 0 Å². The van der Waals surface area contributed by atoms with Crippen molar-refractivity contribution < 1.29 is 4.42 Å². The first-order valence-electron chi connectivity index (χ1n) is 19.4. The van der Waals surface area contributed by atoms with Gasteiger partial charge in [-0.25, -0.2) is 4.98 Å². The normalized spacial score (nSPS) is 11.9. The van der Waals surface area contributed by atoms with E-state index in [2.05, 4.69) is 197 Å². The molecule has 4 aromatic heterocycles. The van der Waals surface area contributed by atoms with E-state index in [1.807, 2.05) is 12.1 Å². The summed E-state index contributed by atoms with van der Waals surface area (Å²) in [5.74, 6) is 0. The van der Waals surface area contributed by atoms with Crippen LogP contribution in [0, 0.1) is 0 Å². The average molecular weight is 728 g/mol. The summed E-state index contributed by atoms with van der Waals surface area (Å²) in [6, 6.07) is 71.3. The van der Waals surface area contributed by atoms with E-state index in [-0.39, 0.29) is 0 Å². The molecule has 0 aliphatic carbocycles. The Balaban J connectivity index is 1.13. The van der Waals surface area contributed by atoms with E-state index in [1.165, 1.54) is 38.1 Å². The van der Waals surface area contributed by atoms with Gasteiger partial charge in [-0.3, -0.25) is 0 Å². The highest BCUT2D eigenvalue weighted by molar-refractivity contribution is 6.24. The summed E-state index contributed by atoms with van der Waals surface area (Å²) in [6.45, 7) is 0. The second-order valence-electron chi connectivity index (χ2n) is 14.7. The monoisotopic (exact) mass is 727 g/mol. The molecule has 4 nitrogen and oxygen atoms in total. The van der Waals surface area contributed by atoms with Crippen LogP contribution >= 0.6 is 0 Å². The van der Waals surface area contributed by atoms with Crippen molar-refractivity contribution in [3.63, 3.8) is 0 Å². The molecule has 0 saturated carbocycles. The van der Waals surface area contributed by atoms with Crippen LogP contribution in [0.5, 0.6) is 0 Å². The minimum Gasteiger partial charge on any atom is -0.456 e. The van der Waals surface area contributed by atoms with Crippen LogP contribution in [-0.4, -0.2) is 14.1 Å². The van der Waals surface area contributed by atoms with Gasteiger partial charge in [-0.15, -0.1) is 0 Å². The number of rotatable bonds is 5. The van der Waals surface area contributed by atoms with Gasteiger partial charge in [-0.2, -0.15) is 0 Å². The highest BCUT2D eigenvalue weighted by Gasteiger charge is 2.22. The van der Waals surface area contributed by atoms with Gasteiger partial charge in [0.05, 0.1) is 33.5 Å². The van der Waals surface area contributed by atoms with Crippen molar-refractivity contribution in [1.29, 1.82) is 0 Å². The van der Waals surface area contributed by atoms with Gasteiger partial charge < -0.3 is 13.6 Å². The van der Waals surface area contributed by atoms with Gasteiger partial charge in [0.25, 0.3) is 0 Å². The Kier molecular flexibility index (Phi) is 6.89. The Morgan fingerprint density at radius 2 is 0.877 bits per heavy atom. The van der Waals surface area contributed by atoms with Crippen molar-refractivity contribution in [1.82, 2.24) is 14.1 Å². The first-order chi connectivity index (χ1) is 28.3.